The summed E-state index contributed by atoms with van der Waals surface area (Å²) in [4.78, 5) is 4.45. The fourth-order valence-corrected chi connectivity index (χ4v) is 2.79. The highest BCUT2D eigenvalue weighted by atomic mass is 16.5. The predicted octanol–water partition coefficient (Wildman–Crippen LogP) is 4.94. The molecule has 6 nitrogen and oxygen atoms in total. The van der Waals surface area contributed by atoms with Gasteiger partial charge in [0.05, 0.1) is 7.11 Å². The average Bonchev–Trinajstić information content (AvgIpc) is 3.27. The molecule has 0 saturated carbocycles. The number of furan rings is 1. The maximum atomic E-state index is 5.91. The highest BCUT2D eigenvalue weighted by Crippen LogP contribution is 2.34. The van der Waals surface area contributed by atoms with Crippen LogP contribution in [0.5, 0.6) is 11.5 Å². The molecule has 0 spiro atoms. The van der Waals surface area contributed by atoms with E-state index in [2.05, 4.69) is 10.1 Å². The van der Waals surface area contributed by atoms with E-state index in [4.69, 9.17) is 18.4 Å². The van der Waals surface area contributed by atoms with Crippen molar-refractivity contribution in [1.29, 1.82) is 0 Å². The monoisotopic (exact) mass is 350 g/mol. The molecule has 0 radical (unpaired) electrons. The molecular weight excluding hydrogens is 332 g/mol. The highest BCUT2D eigenvalue weighted by Gasteiger charge is 2.21. The lowest BCUT2D eigenvalue weighted by atomic mass is 10.1. The molecule has 6 heteroatoms. The molecule has 26 heavy (non-hydrogen) atoms. The lowest BCUT2D eigenvalue weighted by Gasteiger charge is -2.09. The Hall–Kier alpha value is -3.28. The van der Waals surface area contributed by atoms with Crippen LogP contribution in [-0.2, 0) is 0 Å². The van der Waals surface area contributed by atoms with Gasteiger partial charge in [-0.05, 0) is 44.2 Å². The van der Waals surface area contributed by atoms with Crippen molar-refractivity contribution in [3.63, 3.8) is 0 Å². The molecule has 132 valence electrons. The van der Waals surface area contributed by atoms with E-state index in [9.17, 15) is 0 Å². The summed E-state index contributed by atoms with van der Waals surface area (Å²) in [6.45, 7) is 3.82. The molecule has 0 fully saturated rings. The van der Waals surface area contributed by atoms with Crippen LogP contribution in [0.1, 0.15) is 24.5 Å². The van der Waals surface area contributed by atoms with Crippen LogP contribution in [0.25, 0.3) is 22.6 Å². The number of hydrogen-bond donors (Lipinski definition) is 0. The number of aromatic nitrogens is 2. The Morgan fingerprint density at radius 3 is 2.62 bits per heavy atom. The van der Waals surface area contributed by atoms with E-state index < -0.39 is 0 Å². The van der Waals surface area contributed by atoms with Crippen molar-refractivity contribution >= 4 is 11.0 Å². The van der Waals surface area contributed by atoms with Gasteiger partial charge < -0.3 is 18.4 Å². The molecule has 0 saturated heterocycles. The zero-order chi connectivity index (χ0) is 18.1. The Labute approximate surface area is 150 Å². The standard InChI is InChI=1S/C20H18N2O4/c1-12-16-11-15(23-3)9-10-17(16)25-18(12)19-21-20(26-22-19)13(2)24-14-7-5-4-6-8-14/h4-11,13H,1-3H3. The lowest BCUT2D eigenvalue weighted by Crippen LogP contribution is -2.03. The summed E-state index contributed by atoms with van der Waals surface area (Å²) in [5, 5.41) is 5.01. The molecule has 0 aliphatic carbocycles. The van der Waals surface area contributed by atoms with Gasteiger partial charge in [0.1, 0.15) is 17.1 Å². The molecule has 1 atom stereocenters. The van der Waals surface area contributed by atoms with Crippen molar-refractivity contribution in [2.24, 2.45) is 0 Å². The number of methoxy groups -OCH3 is 1. The second-order valence-electron chi connectivity index (χ2n) is 5.95. The van der Waals surface area contributed by atoms with Crippen LogP contribution in [0.3, 0.4) is 0 Å². The molecule has 2 aromatic heterocycles. The van der Waals surface area contributed by atoms with Crippen molar-refractivity contribution in [2.75, 3.05) is 7.11 Å². The number of aryl methyl sites for hydroxylation is 1. The van der Waals surface area contributed by atoms with Crippen molar-refractivity contribution in [1.82, 2.24) is 10.1 Å². The quantitative estimate of drug-likeness (QED) is 0.508. The highest BCUT2D eigenvalue weighted by molar-refractivity contribution is 5.87. The summed E-state index contributed by atoms with van der Waals surface area (Å²) < 4.78 is 22.4. The Bertz CT molecular complexity index is 1040. The maximum absolute atomic E-state index is 5.91. The van der Waals surface area contributed by atoms with E-state index in [0.29, 0.717) is 17.5 Å². The number of nitrogens with zero attached hydrogens (tertiary/aromatic N) is 2. The van der Waals surface area contributed by atoms with E-state index in [1.54, 1.807) is 7.11 Å². The van der Waals surface area contributed by atoms with Crippen LogP contribution in [0.15, 0.2) is 57.5 Å². The van der Waals surface area contributed by atoms with E-state index in [-0.39, 0.29) is 6.10 Å². The van der Waals surface area contributed by atoms with Crippen molar-refractivity contribution in [3.05, 3.63) is 60.0 Å². The van der Waals surface area contributed by atoms with Crippen LogP contribution in [0, 0.1) is 6.92 Å². The molecule has 0 amide bonds. The minimum absolute atomic E-state index is 0.372. The first-order valence-corrected chi connectivity index (χ1v) is 8.28. The summed E-state index contributed by atoms with van der Waals surface area (Å²) in [5.74, 6) is 2.88. The average molecular weight is 350 g/mol. The first-order chi connectivity index (χ1) is 12.7. The van der Waals surface area contributed by atoms with Gasteiger partial charge in [-0.2, -0.15) is 4.98 Å². The third-order valence-corrected chi connectivity index (χ3v) is 4.19. The number of hydrogen-bond acceptors (Lipinski definition) is 6. The number of rotatable bonds is 5. The first-order valence-electron chi connectivity index (χ1n) is 8.28. The zero-order valence-corrected chi connectivity index (χ0v) is 14.7. The van der Waals surface area contributed by atoms with E-state index >= 15 is 0 Å². The van der Waals surface area contributed by atoms with Gasteiger partial charge in [-0.1, -0.05) is 23.4 Å². The Kier molecular flexibility index (Phi) is 4.08. The van der Waals surface area contributed by atoms with Crippen molar-refractivity contribution in [3.8, 4) is 23.1 Å². The molecule has 0 bridgehead atoms. The Morgan fingerprint density at radius 1 is 1.04 bits per heavy atom. The third kappa shape index (κ3) is 2.90. The Balaban J connectivity index is 1.63. The van der Waals surface area contributed by atoms with Crippen LogP contribution < -0.4 is 9.47 Å². The van der Waals surface area contributed by atoms with E-state index in [1.165, 1.54) is 0 Å². The normalized spacial score (nSPS) is 12.3. The molecule has 1 unspecified atom stereocenters. The molecular formula is C20H18N2O4. The van der Waals surface area contributed by atoms with Crippen LogP contribution >= 0.6 is 0 Å². The molecule has 0 aliphatic heterocycles. The number of para-hydroxylation sites is 1. The largest absolute Gasteiger partial charge is 0.497 e. The fourth-order valence-electron chi connectivity index (χ4n) is 2.79. The molecule has 0 N–H and O–H groups in total. The van der Waals surface area contributed by atoms with Crippen LogP contribution in [0.2, 0.25) is 0 Å². The molecule has 4 aromatic rings. The second kappa shape index (κ2) is 6.55. The molecule has 0 aliphatic rings. The van der Waals surface area contributed by atoms with Gasteiger partial charge >= 0.3 is 0 Å². The van der Waals surface area contributed by atoms with Gasteiger partial charge in [0.25, 0.3) is 5.89 Å². The molecule has 2 heterocycles. The van der Waals surface area contributed by atoms with E-state index in [1.807, 2.05) is 62.4 Å². The lowest BCUT2D eigenvalue weighted by molar-refractivity contribution is 0.176. The number of fused-ring (bicyclic) bond motifs is 1. The summed E-state index contributed by atoms with van der Waals surface area (Å²) in [5.41, 5.74) is 1.68. The first kappa shape index (κ1) is 16.2. The van der Waals surface area contributed by atoms with Gasteiger partial charge in [-0.3, -0.25) is 0 Å². The van der Waals surface area contributed by atoms with Gasteiger partial charge in [0.15, 0.2) is 11.9 Å². The molecule has 2 aromatic carbocycles. The maximum Gasteiger partial charge on any atom is 0.267 e. The smallest absolute Gasteiger partial charge is 0.267 e. The van der Waals surface area contributed by atoms with Gasteiger partial charge in [-0.15, -0.1) is 0 Å². The number of ether oxygens (including phenoxy) is 2. The van der Waals surface area contributed by atoms with Gasteiger partial charge in [0.2, 0.25) is 5.82 Å². The summed E-state index contributed by atoms with van der Waals surface area (Å²) >= 11 is 0. The van der Waals surface area contributed by atoms with Gasteiger partial charge in [0, 0.05) is 10.9 Å². The summed E-state index contributed by atoms with van der Waals surface area (Å²) in [6, 6.07) is 15.2. The SMILES string of the molecule is COc1ccc2oc(-c3noc(C(C)Oc4ccccc4)n3)c(C)c2c1. The summed E-state index contributed by atoms with van der Waals surface area (Å²) in [6.07, 6.45) is -0.372. The molecule has 4 rings (SSSR count). The minimum atomic E-state index is -0.372. The fraction of sp³-hybridized carbons (Fsp3) is 0.200. The second-order valence-corrected chi connectivity index (χ2v) is 5.95. The summed E-state index contributed by atoms with van der Waals surface area (Å²) in [7, 11) is 1.64. The third-order valence-electron chi connectivity index (χ3n) is 4.19. The Morgan fingerprint density at radius 2 is 1.85 bits per heavy atom. The zero-order valence-electron chi connectivity index (χ0n) is 14.7. The van der Waals surface area contributed by atoms with Gasteiger partial charge in [-0.25, -0.2) is 0 Å². The van der Waals surface area contributed by atoms with Crippen molar-refractivity contribution in [2.45, 2.75) is 20.0 Å². The van der Waals surface area contributed by atoms with Crippen LogP contribution in [0.4, 0.5) is 0 Å². The van der Waals surface area contributed by atoms with Crippen molar-refractivity contribution < 1.29 is 18.4 Å². The minimum Gasteiger partial charge on any atom is -0.497 e. The van der Waals surface area contributed by atoms with E-state index in [0.717, 1.165) is 28.0 Å². The topological polar surface area (TPSA) is 70.5 Å². The van der Waals surface area contributed by atoms with Crippen LogP contribution in [-0.4, -0.2) is 17.3 Å². The predicted molar refractivity (Wildman–Crippen MR) is 96.3 cm³/mol. The number of benzene rings is 2.